The number of pyridine rings is 1. The highest BCUT2D eigenvalue weighted by Gasteiger charge is 2.31. The number of carbonyl (C=O) groups is 2. The summed E-state index contributed by atoms with van der Waals surface area (Å²) in [6, 6.07) is 6.52. The topological polar surface area (TPSA) is 77.5 Å². The first-order valence-corrected chi connectivity index (χ1v) is 8.28. The number of anilines is 1. The van der Waals surface area contributed by atoms with Gasteiger partial charge in [0, 0.05) is 17.6 Å². The Balaban J connectivity index is 1.52. The molecule has 1 aliphatic rings. The van der Waals surface area contributed by atoms with Gasteiger partial charge in [-0.1, -0.05) is 34.8 Å². The number of amides is 1. The number of aromatic nitrogens is 1. The van der Waals surface area contributed by atoms with E-state index in [0.29, 0.717) is 22.2 Å². The van der Waals surface area contributed by atoms with Crippen molar-refractivity contribution in [1.82, 2.24) is 4.98 Å². The molecule has 2 heterocycles. The lowest BCUT2D eigenvalue weighted by Crippen LogP contribution is -2.30. The second-order valence-electron chi connectivity index (χ2n) is 5.20. The van der Waals surface area contributed by atoms with E-state index >= 15 is 0 Å². The molecule has 130 valence electrons. The van der Waals surface area contributed by atoms with Crippen LogP contribution in [0.25, 0.3) is 0 Å². The highest BCUT2D eigenvalue weighted by molar-refractivity contribution is 6.36. The monoisotopic (exact) mass is 400 g/mol. The first-order valence-electron chi connectivity index (χ1n) is 7.15. The van der Waals surface area contributed by atoms with E-state index in [2.05, 4.69) is 10.3 Å². The maximum Gasteiger partial charge on any atom is 0.348 e. The van der Waals surface area contributed by atoms with Crippen LogP contribution in [0.3, 0.4) is 0 Å². The lowest BCUT2D eigenvalue weighted by molar-refractivity contribution is -0.153. The average molecular weight is 402 g/mol. The lowest BCUT2D eigenvalue weighted by Gasteiger charge is -2.11. The van der Waals surface area contributed by atoms with E-state index in [1.165, 1.54) is 12.3 Å². The van der Waals surface area contributed by atoms with Crippen LogP contribution in [0.2, 0.25) is 15.1 Å². The van der Waals surface area contributed by atoms with Gasteiger partial charge in [-0.15, -0.1) is 0 Å². The number of halogens is 3. The smallest absolute Gasteiger partial charge is 0.348 e. The molecule has 2 aromatic rings. The standard InChI is InChI=1S/C16H11Cl3N2O4/c17-9-1-2-12-8(3-9)4-13(25-12)16(23)24-7-14(22)21-15-11(19)5-10(18)6-20-15/h1-3,5-6,13H,4,7H2,(H,20,21,22). The van der Waals surface area contributed by atoms with Crippen molar-refractivity contribution in [2.24, 2.45) is 0 Å². The van der Waals surface area contributed by atoms with E-state index in [-0.39, 0.29) is 10.8 Å². The van der Waals surface area contributed by atoms with E-state index < -0.39 is 24.6 Å². The largest absolute Gasteiger partial charge is 0.478 e. The molecule has 6 nitrogen and oxygen atoms in total. The number of ether oxygens (including phenoxy) is 2. The molecule has 1 amide bonds. The summed E-state index contributed by atoms with van der Waals surface area (Å²) in [7, 11) is 0. The summed E-state index contributed by atoms with van der Waals surface area (Å²) in [5.74, 6) is -0.513. The van der Waals surface area contributed by atoms with E-state index in [1.807, 2.05) is 0 Å². The molecule has 1 N–H and O–H groups in total. The molecule has 1 aromatic carbocycles. The fourth-order valence-electron chi connectivity index (χ4n) is 2.25. The minimum atomic E-state index is -0.807. The molecule has 0 spiro atoms. The number of fused-ring (bicyclic) bond motifs is 1. The molecule has 1 aliphatic heterocycles. The Hall–Kier alpha value is -2.02. The molecule has 1 atom stereocenters. The Morgan fingerprint density at radius 3 is 2.80 bits per heavy atom. The van der Waals surface area contributed by atoms with Gasteiger partial charge in [0.1, 0.15) is 5.75 Å². The predicted octanol–water partition coefficient (Wildman–Crippen LogP) is 3.53. The molecular weight excluding hydrogens is 391 g/mol. The molecule has 0 saturated carbocycles. The molecule has 1 aromatic heterocycles. The molecule has 0 radical (unpaired) electrons. The number of carbonyl (C=O) groups excluding carboxylic acids is 2. The summed E-state index contributed by atoms with van der Waals surface area (Å²) in [5, 5.41) is 3.51. The number of hydrogen-bond acceptors (Lipinski definition) is 5. The Labute approximate surface area is 158 Å². The van der Waals surface area contributed by atoms with Crippen molar-refractivity contribution in [3.05, 3.63) is 51.1 Å². The van der Waals surface area contributed by atoms with Crippen LogP contribution in [-0.2, 0) is 20.7 Å². The van der Waals surface area contributed by atoms with Crippen molar-refractivity contribution in [3.8, 4) is 5.75 Å². The highest BCUT2D eigenvalue weighted by atomic mass is 35.5. The molecule has 0 saturated heterocycles. The summed E-state index contributed by atoms with van der Waals surface area (Å²) < 4.78 is 10.5. The third kappa shape index (κ3) is 4.34. The molecule has 0 fully saturated rings. The van der Waals surface area contributed by atoms with Gasteiger partial charge >= 0.3 is 5.97 Å². The maximum absolute atomic E-state index is 12.0. The Morgan fingerprint density at radius 2 is 2.04 bits per heavy atom. The third-order valence-electron chi connectivity index (χ3n) is 3.37. The first-order chi connectivity index (χ1) is 11.9. The van der Waals surface area contributed by atoms with Crippen molar-refractivity contribution in [3.63, 3.8) is 0 Å². The molecule has 9 heteroatoms. The van der Waals surface area contributed by atoms with Gasteiger partial charge in [-0.2, -0.15) is 0 Å². The molecule has 3 rings (SSSR count). The van der Waals surface area contributed by atoms with Gasteiger partial charge in [0.25, 0.3) is 5.91 Å². The minimum Gasteiger partial charge on any atom is -0.478 e. The van der Waals surface area contributed by atoms with Crippen LogP contribution in [0.5, 0.6) is 5.75 Å². The van der Waals surface area contributed by atoms with Gasteiger partial charge < -0.3 is 14.8 Å². The van der Waals surface area contributed by atoms with Gasteiger partial charge in [0.05, 0.1) is 10.0 Å². The third-order valence-corrected chi connectivity index (χ3v) is 4.10. The van der Waals surface area contributed by atoms with Crippen LogP contribution in [0, 0.1) is 0 Å². The number of hydrogen-bond donors (Lipinski definition) is 1. The van der Waals surface area contributed by atoms with Crippen LogP contribution in [-0.4, -0.2) is 29.6 Å². The molecule has 0 bridgehead atoms. The van der Waals surface area contributed by atoms with Crippen molar-refractivity contribution in [2.45, 2.75) is 12.5 Å². The van der Waals surface area contributed by atoms with Crippen LogP contribution in [0.4, 0.5) is 5.82 Å². The fraction of sp³-hybridized carbons (Fsp3) is 0.188. The zero-order valence-corrected chi connectivity index (χ0v) is 14.9. The summed E-state index contributed by atoms with van der Waals surface area (Å²) in [4.78, 5) is 27.8. The van der Waals surface area contributed by atoms with Gasteiger partial charge in [-0.05, 0) is 29.8 Å². The normalized spacial score (nSPS) is 15.2. The van der Waals surface area contributed by atoms with E-state index in [0.717, 1.165) is 5.56 Å². The molecular formula is C16H11Cl3N2O4. The van der Waals surface area contributed by atoms with E-state index in [1.54, 1.807) is 18.2 Å². The fourth-order valence-corrected chi connectivity index (χ4v) is 2.87. The maximum atomic E-state index is 12.0. The van der Waals surface area contributed by atoms with Crippen LogP contribution in [0.15, 0.2) is 30.5 Å². The summed E-state index contributed by atoms with van der Waals surface area (Å²) in [5.41, 5.74) is 0.816. The summed E-state index contributed by atoms with van der Waals surface area (Å²) in [6.45, 7) is -0.490. The van der Waals surface area contributed by atoms with Gasteiger partial charge in [-0.25, -0.2) is 9.78 Å². The zero-order valence-electron chi connectivity index (χ0n) is 12.6. The van der Waals surface area contributed by atoms with Crippen LogP contribution >= 0.6 is 34.8 Å². The molecule has 1 unspecified atom stereocenters. The van der Waals surface area contributed by atoms with Gasteiger partial charge in [-0.3, -0.25) is 4.79 Å². The quantitative estimate of drug-likeness (QED) is 0.793. The lowest BCUT2D eigenvalue weighted by atomic mass is 10.1. The Kier molecular flexibility index (Phi) is 5.32. The average Bonchev–Trinajstić information content (AvgIpc) is 2.98. The van der Waals surface area contributed by atoms with Crippen molar-refractivity contribution in [1.29, 1.82) is 0 Å². The predicted molar refractivity (Wildman–Crippen MR) is 93.4 cm³/mol. The van der Waals surface area contributed by atoms with Crippen molar-refractivity contribution >= 4 is 52.5 Å². The van der Waals surface area contributed by atoms with E-state index in [4.69, 9.17) is 44.3 Å². The number of benzene rings is 1. The second-order valence-corrected chi connectivity index (χ2v) is 6.48. The van der Waals surface area contributed by atoms with Gasteiger partial charge in [0.15, 0.2) is 18.5 Å². The van der Waals surface area contributed by atoms with E-state index in [9.17, 15) is 9.59 Å². The zero-order chi connectivity index (χ0) is 18.0. The van der Waals surface area contributed by atoms with Crippen molar-refractivity contribution < 1.29 is 19.1 Å². The number of nitrogens with zero attached hydrogens (tertiary/aromatic N) is 1. The number of nitrogens with one attached hydrogen (secondary N) is 1. The highest BCUT2D eigenvalue weighted by Crippen LogP contribution is 2.31. The molecule has 0 aliphatic carbocycles. The number of esters is 1. The first kappa shape index (κ1) is 17.8. The molecule has 25 heavy (non-hydrogen) atoms. The number of rotatable bonds is 4. The Morgan fingerprint density at radius 1 is 1.24 bits per heavy atom. The SMILES string of the molecule is O=C(COC(=O)C1Cc2cc(Cl)ccc2O1)Nc1ncc(Cl)cc1Cl. The Bertz CT molecular complexity index is 844. The van der Waals surface area contributed by atoms with Crippen molar-refractivity contribution in [2.75, 3.05) is 11.9 Å². The summed E-state index contributed by atoms with van der Waals surface area (Å²) in [6.07, 6.45) is 0.864. The van der Waals surface area contributed by atoms with Crippen LogP contribution < -0.4 is 10.1 Å². The summed E-state index contributed by atoms with van der Waals surface area (Å²) >= 11 is 17.5. The van der Waals surface area contributed by atoms with Crippen LogP contribution in [0.1, 0.15) is 5.56 Å². The van der Waals surface area contributed by atoms with Gasteiger partial charge in [0.2, 0.25) is 0 Å². The second kappa shape index (κ2) is 7.47. The minimum absolute atomic E-state index is 0.131.